The van der Waals surface area contributed by atoms with E-state index in [9.17, 15) is 9.59 Å². The van der Waals surface area contributed by atoms with Crippen LogP contribution in [0.5, 0.6) is 0 Å². The molecular formula is C18H24O3. The Labute approximate surface area is 126 Å². The second kappa shape index (κ2) is 5.28. The fourth-order valence-corrected chi connectivity index (χ4v) is 3.04. The molecule has 114 valence electrons. The summed E-state index contributed by atoms with van der Waals surface area (Å²) in [7, 11) is 0. The van der Waals surface area contributed by atoms with E-state index in [0.717, 1.165) is 12.8 Å². The van der Waals surface area contributed by atoms with E-state index < -0.39 is 11.8 Å². The van der Waals surface area contributed by atoms with Crippen LogP contribution in [0.2, 0.25) is 0 Å². The Morgan fingerprint density at radius 3 is 2.19 bits per heavy atom. The van der Waals surface area contributed by atoms with Gasteiger partial charge in [0.05, 0.1) is 6.61 Å². The summed E-state index contributed by atoms with van der Waals surface area (Å²) in [6.07, 6.45) is 2.20. The highest BCUT2D eigenvalue weighted by Gasteiger charge is 2.37. The second-order valence-corrected chi connectivity index (χ2v) is 7.08. The summed E-state index contributed by atoms with van der Waals surface area (Å²) >= 11 is 0. The van der Waals surface area contributed by atoms with Gasteiger partial charge in [-0.05, 0) is 47.8 Å². The van der Waals surface area contributed by atoms with Gasteiger partial charge in [0.25, 0.3) is 5.78 Å². The Balaban J connectivity index is 2.47. The van der Waals surface area contributed by atoms with Crippen molar-refractivity contribution >= 4 is 11.8 Å². The van der Waals surface area contributed by atoms with Crippen molar-refractivity contribution in [3.05, 3.63) is 34.9 Å². The van der Waals surface area contributed by atoms with E-state index in [4.69, 9.17) is 4.74 Å². The molecule has 0 radical (unpaired) electrons. The summed E-state index contributed by atoms with van der Waals surface area (Å²) in [6.45, 7) is 10.8. The van der Waals surface area contributed by atoms with E-state index in [1.165, 1.54) is 11.1 Å². The maximum Gasteiger partial charge on any atom is 0.379 e. The van der Waals surface area contributed by atoms with Gasteiger partial charge in [-0.25, -0.2) is 4.79 Å². The molecule has 0 N–H and O–H groups in total. The fraction of sp³-hybridized carbons (Fsp3) is 0.556. The average molecular weight is 292 g/mol. The Bertz CT molecular complexity index is 582. The van der Waals surface area contributed by atoms with Gasteiger partial charge in [0, 0.05) is 5.56 Å². The van der Waals surface area contributed by atoms with Crippen molar-refractivity contribution in [2.45, 2.75) is 58.3 Å². The van der Waals surface area contributed by atoms with Crippen LogP contribution in [0, 0.1) is 0 Å². The number of esters is 1. The summed E-state index contributed by atoms with van der Waals surface area (Å²) in [5, 5.41) is 0. The average Bonchev–Trinajstić information content (AvgIpc) is 2.43. The van der Waals surface area contributed by atoms with Crippen molar-refractivity contribution in [2.24, 2.45) is 0 Å². The van der Waals surface area contributed by atoms with Crippen molar-refractivity contribution in [1.82, 2.24) is 0 Å². The number of rotatable bonds is 3. The Morgan fingerprint density at radius 2 is 1.62 bits per heavy atom. The normalized spacial score (nSPS) is 18.7. The topological polar surface area (TPSA) is 43.4 Å². The number of carbonyl (C=O) groups excluding carboxylic acids is 2. The van der Waals surface area contributed by atoms with Crippen LogP contribution in [0.3, 0.4) is 0 Å². The van der Waals surface area contributed by atoms with Crippen LogP contribution >= 0.6 is 0 Å². The molecule has 0 atom stereocenters. The summed E-state index contributed by atoms with van der Waals surface area (Å²) in [4.78, 5) is 23.7. The molecule has 2 rings (SSSR count). The first-order valence-corrected chi connectivity index (χ1v) is 7.55. The molecule has 1 aliphatic rings. The Morgan fingerprint density at radius 1 is 1.05 bits per heavy atom. The fourth-order valence-electron chi connectivity index (χ4n) is 3.04. The third kappa shape index (κ3) is 2.87. The molecule has 21 heavy (non-hydrogen) atoms. The van der Waals surface area contributed by atoms with Crippen LogP contribution in [0.25, 0.3) is 0 Å². The molecule has 0 amide bonds. The third-order valence-corrected chi connectivity index (χ3v) is 4.58. The minimum absolute atomic E-state index is 0.0236. The largest absolute Gasteiger partial charge is 0.460 e. The van der Waals surface area contributed by atoms with Gasteiger partial charge in [-0.15, -0.1) is 0 Å². The molecule has 1 aliphatic carbocycles. The first-order valence-electron chi connectivity index (χ1n) is 7.55. The maximum absolute atomic E-state index is 12.1. The predicted octanol–water partition coefficient (Wildman–Crippen LogP) is 3.78. The van der Waals surface area contributed by atoms with E-state index in [-0.39, 0.29) is 17.4 Å². The van der Waals surface area contributed by atoms with E-state index >= 15 is 0 Å². The van der Waals surface area contributed by atoms with Crippen molar-refractivity contribution in [3.8, 4) is 0 Å². The molecule has 3 nitrogen and oxygen atoms in total. The maximum atomic E-state index is 12.1. The molecule has 0 saturated heterocycles. The number of ketones is 1. The molecule has 0 fully saturated rings. The summed E-state index contributed by atoms with van der Waals surface area (Å²) in [5.41, 5.74) is 3.01. The predicted molar refractivity (Wildman–Crippen MR) is 82.7 cm³/mol. The summed E-state index contributed by atoms with van der Waals surface area (Å²) in [6, 6.07) is 5.64. The highest BCUT2D eigenvalue weighted by atomic mass is 16.8. The number of Topliss-reactive ketones (excluding diaryl/α,β-unsaturated/α-hetero) is 1. The van der Waals surface area contributed by atoms with E-state index in [2.05, 4.69) is 27.7 Å². The molecule has 1 aromatic rings. The van der Waals surface area contributed by atoms with E-state index in [1.807, 2.05) is 12.1 Å². The standard InChI is InChI=1S/C18H24O3/c1-6-21-16(20)15(19)12-7-8-13-14(11-12)18(4,5)10-9-17(13,2)3/h7-8,11H,6,9-10H2,1-5H3/i15+2,16+2. The highest BCUT2D eigenvalue weighted by molar-refractivity contribution is 6.40. The van der Waals surface area contributed by atoms with Gasteiger partial charge in [0.1, 0.15) is 0 Å². The van der Waals surface area contributed by atoms with Crippen LogP contribution in [0.1, 0.15) is 68.9 Å². The van der Waals surface area contributed by atoms with Crippen molar-refractivity contribution in [3.63, 3.8) is 0 Å². The van der Waals surface area contributed by atoms with Crippen LogP contribution in [-0.2, 0) is 20.4 Å². The summed E-state index contributed by atoms with van der Waals surface area (Å²) < 4.78 is 4.81. The Kier molecular flexibility index (Phi) is 3.96. The quantitative estimate of drug-likeness (QED) is 0.484. The number of benzene rings is 1. The summed E-state index contributed by atoms with van der Waals surface area (Å²) in [5.74, 6) is -1.33. The van der Waals surface area contributed by atoms with Crippen molar-refractivity contribution in [1.29, 1.82) is 0 Å². The zero-order chi connectivity index (χ0) is 15.8. The van der Waals surface area contributed by atoms with Gasteiger partial charge in [0.2, 0.25) is 0 Å². The lowest BCUT2D eigenvalue weighted by Crippen LogP contribution is -2.34. The minimum Gasteiger partial charge on any atom is -0.460 e. The van der Waals surface area contributed by atoms with Crippen molar-refractivity contribution < 1.29 is 14.3 Å². The van der Waals surface area contributed by atoms with E-state index in [1.54, 1.807) is 13.0 Å². The molecule has 0 unspecified atom stereocenters. The first-order chi connectivity index (χ1) is 9.69. The molecule has 1 aromatic carbocycles. The van der Waals surface area contributed by atoms with Gasteiger partial charge >= 0.3 is 5.97 Å². The smallest absolute Gasteiger partial charge is 0.379 e. The molecule has 0 bridgehead atoms. The molecule has 0 heterocycles. The van der Waals surface area contributed by atoms with Gasteiger partial charge in [0.15, 0.2) is 0 Å². The molecule has 0 spiro atoms. The number of hydrogen-bond acceptors (Lipinski definition) is 3. The minimum atomic E-state index is -0.773. The molecular weight excluding hydrogens is 268 g/mol. The number of carbonyl (C=O) groups is 2. The highest BCUT2D eigenvalue weighted by Crippen LogP contribution is 2.45. The van der Waals surface area contributed by atoms with Gasteiger partial charge in [-0.1, -0.05) is 39.8 Å². The van der Waals surface area contributed by atoms with Crippen molar-refractivity contribution in [2.75, 3.05) is 6.61 Å². The molecule has 3 heteroatoms. The monoisotopic (exact) mass is 292 g/mol. The SMILES string of the molecule is CCO[14C](=O)[14C](=O)c1ccc2c(c1)C(C)(C)CCC2(C)C. The van der Waals surface area contributed by atoms with Crippen LogP contribution in [0.4, 0.5) is 0 Å². The van der Waals surface area contributed by atoms with E-state index in [0.29, 0.717) is 5.56 Å². The lowest BCUT2D eigenvalue weighted by Gasteiger charge is -2.42. The molecule has 0 aliphatic heterocycles. The van der Waals surface area contributed by atoms with Crippen LogP contribution < -0.4 is 0 Å². The lowest BCUT2D eigenvalue weighted by atomic mass is 9.63. The zero-order valence-corrected chi connectivity index (χ0v) is 13.6. The Hall–Kier alpha value is -1.64. The van der Waals surface area contributed by atoms with Gasteiger partial charge < -0.3 is 4.74 Å². The van der Waals surface area contributed by atoms with Gasteiger partial charge in [-0.2, -0.15) is 0 Å². The first kappa shape index (κ1) is 15.7. The lowest BCUT2D eigenvalue weighted by molar-refractivity contribution is -0.137. The zero-order valence-electron chi connectivity index (χ0n) is 13.6. The number of ether oxygens (including phenoxy) is 1. The molecule has 0 saturated carbocycles. The van der Waals surface area contributed by atoms with Gasteiger partial charge in [-0.3, -0.25) is 4.79 Å². The molecule has 0 aromatic heterocycles. The third-order valence-electron chi connectivity index (χ3n) is 4.58. The van der Waals surface area contributed by atoms with Crippen LogP contribution in [0.15, 0.2) is 18.2 Å². The second-order valence-electron chi connectivity index (χ2n) is 7.08. The number of fused-ring (bicyclic) bond motifs is 1. The van der Waals surface area contributed by atoms with Crippen LogP contribution in [-0.4, -0.2) is 18.4 Å². The number of hydrogen-bond donors (Lipinski definition) is 0.